The molecule has 0 aliphatic rings. The highest BCUT2D eigenvalue weighted by Gasteiger charge is 2.28. The molecule has 300 valence electrons. The highest BCUT2D eigenvalue weighted by Crippen LogP contribution is 2.16. The number of esters is 1. The molecule has 0 fully saturated rings. The Morgan fingerprint density at radius 3 is 1.86 bits per heavy atom. The quantitative estimate of drug-likeness (QED) is 0.0371. The Hall–Kier alpha value is -5.95. The predicted molar refractivity (Wildman–Crippen MR) is 212 cm³/mol. The fourth-order valence-electron chi connectivity index (χ4n) is 5.61. The van der Waals surface area contributed by atoms with Crippen molar-refractivity contribution in [2.45, 2.75) is 70.4 Å². The molecule has 4 N–H and O–H groups in total. The molecule has 0 saturated heterocycles. The van der Waals surface area contributed by atoms with Crippen molar-refractivity contribution in [3.05, 3.63) is 133 Å². The van der Waals surface area contributed by atoms with Crippen LogP contribution >= 0.6 is 0 Å². The van der Waals surface area contributed by atoms with Crippen LogP contribution in [0.2, 0.25) is 0 Å². The molecule has 0 aromatic heterocycles. The van der Waals surface area contributed by atoms with Gasteiger partial charge < -0.3 is 40.2 Å². The average Bonchev–Trinajstić information content (AvgIpc) is 3.21. The molecule has 3 atom stereocenters. The molecule has 3 unspecified atom stereocenters. The summed E-state index contributed by atoms with van der Waals surface area (Å²) in [6.45, 7) is 7.80. The number of hydrogen-bond donors (Lipinski definition) is 4. The van der Waals surface area contributed by atoms with Gasteiger partial charge in [0.25, 0.3) is 0 Å². The summed E-state index contributed by atoms with van der Waals surface area (Å²) in [4.78, 5) is 66.6. The number of nitrogens with zero attached hydrogens (tertiary/aromatic N) is 1. The molecule has 0 heterocycles. The predicted octanol–water partition coefficient (Wildman–Crippen LogP) is 5.59. The van der Waals surface area contributed by atoms with Gasteiger partial charge >= 0.3 is 18.2 Å². The summed E-state index contributed by atoms with van der Waals surface area (Å²) in [6.07, 6.45) is 3.20. The number of carbonyl (C=O) groups excluding carboxylic acids is 5. The van der Waals surface area contributed by atoms with Gasteiger partial charge in [-0.2, -0.15) is 0 Å². The molecule has 0 bridgehead atoms. The zero-order valence-electron chi connectivity index (χ0n) is 31.8. The van der Waals surface area contributed by atoms with Crippen molar-refractivity contribution >= 4 is 30.0 Å². The lowest BCUT2D eigenvalue weighted by Crippen LogP contribution is -2.46. The van der Waals surface area contributed by atoms with Gasteiger partial charge in [-0.1, -0.05) is 103 Å². The number of ether oxygens (including phenoxy) is 3. The molecule has 3 aromatic carbocycles. The van der Waals surface area contributed by atoms with Crippen molar-refractivity contribution in [1.82, 2.24) is 20.9 Å². The van der Waals surface area contributed by atoms with Gasteiger partial charge in [0.1, 0.15) is 25.9 Å². The van der Waals surface area contributed by atoms with Crippen LogP contribution in [-0.4, -0.2) is 78.4 Å². The minimum absolute atomic E-state index is 0.00857. The third-order valence-corrected chi connectivity index (χ3v) is 8.61. The molecule has 13 nitrogen and oxygen atoms in total. The maximum atomic E-state index is 13.7. The number of aliphatic hydroxyl groups excluding tert-OH is 1. The topological polar surface area (TPSA) is 173 Å². The van der Waals surface area contributed by atoms with Crippen molar-refractivity contribution in [2.24, 2.45) is 5.92 Å². The molecule has 56 heavy (non-hydrogen) atoms. The van der Waals surface area contributed by atoms with Crippen molar-refractivity contribution in [3.8, 4) is 0 Å². The van der Waals surface area contributed by atoms with Gasteiger partial charge in [-0.3, -0.25) is 9.59 Å². The standard InChI is InChI=1S/C43H54N4O9/c1-3-16-36(28-39(49)47(26-27-48)29-33-18-8-5-9-19-33)40(50)45-37(24-14-15-25-44-42(52)55-30-34-20-10-6-11-21-34)32-54-41(51)38(17-4-2)46-43(53)56-31-35-22-12-7-13-23-35/h3-13,18-23,36-38,48H,1-2,14-17,24-32H2,(H,44,52)(H,45,50)(H,46,53). The van der Waals surface area contributed by atoms with Gasteiger partial charge in [0, 0.05) is 26.1 Å². The third kappa shape index (κ3) is 17.5. The van der Waals surface area contributed by atoms with Gasteiger partial charge in [-0.15, -0.1) is 13.2 Å². The maximum absolute atomic E-state index is 13.7. The summed E-state index contributed by atoms with van der Waals surface area (Å²) in [5.41, 5.74) is 2.52. The van der Waals surface area contributed by atoms with Gasteiger partial charge in [0.2, 0.25) is 11.8 Å². The van der Waals surface area contributed by atoms with E-state index in [-0.39, 0.29) is 64.7 Å². The molecule has 4 amide bonds. The number of nitrogens with one attached hydrogen (secondary N) is 3. The van der Waals surface area contributed by atoms with Crippen molar-refractivity contribution in [2.75, 3.05) is 26.3 Å². The monoisotopic (exact) mass is 770 g/mol. The molecular weight excluding hydrogens is 716 g/mol. The highest BCUT2D eigenvalue weighted by atomic mass is 16.6. The number of aliphatic hydroxyl groups is 1. The Morgan fingerprint density at radius 2 is 1.29 bits per heavy atom. The first-order valence-corrected chi connectivity index (χ1v) is 18.8. The van der Waals surface area contributed by atoms with E-state index in [2.05, 4.69) is 29.1 Å². The number of alkyl carbamates (subject to hydrolysis) is 2. The highest BCUT2D eigenvalue weighted by molar-refractivity contribution is 5.86. The van der Waals surface area contributed by atoms with Crippen molar-refractivity contribution in [1.29, 1.82) is 0 Å². The lowest BCUT2D eigenvalue weighted by atomic mass is 9.98. The minimum atomic E-state index is -1.09. The smallest absolute Gasteiger partial charge is 0.408 e. The molecule has 0 radical (unpaired) electrons. The molecule has 0 aliphatic heterocycles. The Kier molecular flexibility index (Phi) is 20.6. The van der Waals surface area contributed by atoms with Gasteiger partial charge in [-0.05, 0) is 48.8 Å². The second-order valence-corrected chi connectivity index (χ2v) is 13.1. The van der Waals surface area contributed by atoms with E-state index in [1.807, 2.05) is 78.9 Å². The summed E-state index contributed by atoms with van der Waals surface area (Å²) in [5, 5.41) is 17.8. The third-order valence-electron chi connectivity index (χ3n) is 8.61. The van der Waals surface area contributed by atoms with Gasteiger partial charge in [0.05, 0.1) is 18.6 Å². The summed E-state index contributed by atoms with van der Waals surface area (Å²) in [6, 6.07) is 26.0. The number of unbranched alkanes of at least 4 members (excludes halogenated alkanes) is 1. The van der Waals surface area contributed by atoms with E-state index >= 15 is 0 Å². The van der Waals surface area contributed by atoms with Crippen LogP contribution in [0.25, 0.3) is 0 Å². The summed E-state index contributed by atoms with van der Waals surface area (Å²) < 4.78 is 16.2. The number of carbonyl (C=O) groups is 5. The van der Waals surface area contributed by atoms with Gasteiger partial charge in [0.15, 0.2) is 0 Å². The zero-order valence-corrected chi connectivity index (χ0v) is 31.8. The molecule has 0 saturated carbocycles. The molecule has 3 aromatic rings. The number of benzene rings is 3. The summed E-state index contributed by atoms with van der Waals surface area (Å²) in [5.74, 6) is -2.28. The molecule has 3 rings (SSSR count). The number of rotatable bonds is 25. The first kappa shape index (κ1) is 44.4. The summed E-state index contributed by atoms with van der Waals surface area (Å²) in [7, 11) is 0. The van der Waals surface area contributed by atoms with Crippen LogP contribution in [0.4, 0.5) is 9.59 Å². The van der Waals surface area contributed by atoms with Crippen LogP contribution in [-0.2, 0) is 48.4 Å². The second kappa shape index (κ2) is 26.0. The van der Waals surface area contributed by atoms with Crippen LogP contribution < -0.4 is 16.0 Å². The second-order valence-electron chi connectivity index (χ2n) is 13.1. The maximum Gasteiger partial charge on any atom is 0.408 e. The molecule has 0 aliphatic carbocycles. The van der Waals surface area contributed by atoms with E-state index in [0.29, 0.717) is 25.8 Å². The Balaban J connectivity index is 1.62. The zero-order chi connectivity index (χ0) is 40.4. The Labute approximate surface area is 329 Å². The van der Waals surface area contributed by atoms with Crippen LogP contribution in [0.5, 0.6) is 0 Å². The van der Waals surface area contributed by atoms with Crippen molar-refractivity contribution < 1.29 is 43.3 Å². The summed E-state index contributed by atoms with van der Waals surface area (Å²) >= 11 is 0. The van der Waals surface area contributed by atoms with Crippen LogP contribution in [0.3, 0.4) is 0 Å². The Bertz CT molecular complexity index is 1660. The van der Waals surface area contributed by atoms with E-state index in [9.17, 15) is 29.1 Å². The SMILES string of the molecule is C=CCC(CC(=O)N(CCO)Cc1ccccc1)C(=O)NC(CCCCNC(=O)OCc1ccccc1)COC(=O)C(CC=C)NC(=O)OCc1ccccc1. The molecule has 13 heteroatoms. The van der Waals surface area contributed by atoms with E-state index in [4.69, 9.17) is 14.2 Å². The van der Waals surface area contributed by atoms with Gasteiger partial charge in [-0.25, -0.2) is 14.4 Å². The van der Waals surface area contributed by atoms with Crippen LogP contribution in [0.15, 0.2) is 116 Å². The van der Waals surface area contributed by atoms with Crippen molar-refractivity contribution in [3.63, 3.8) is 0 Å². The average molecular weight is 771 g/mol. The number of allylic oxidation sites excluding steroid dienone is 1. The largest absolute Gasteiger partial charge is 0.462 e. The Morgan fingerprint density at radius 1 is 0.714 bits per heavy atom. The van der Waals surface area contributed by atoms with E-state index < -0.39 is 42.1 Å². The first-order valence-electron chi connectivity index (χ1n) is 18.8. The molecule has 0 spiro atoms. The lowest BCUT2D eigenvalue weighted by molar-refractivity contribution is -0.147. The van der Waals surface area contributed by atoms with E-state index in [0.717, 1.165) is 16.7 Å². The van der Waals surface area contributed by atoms with Crippen LogP contribution in [0.1, 0.15) is 55.2 Å². The van der Waals surface area contributed by atoms with E-state index in [1.165, 1.54) is 11.0 Å². The minimum Gasteiger partial charge on any atom is -0.462 e. The number of amides is 4. The van der Waals surface area contributed by atoms with E-state index in [1.54, 1.807) is 18.2 Å². The number of hydrogen-bond acceptors (Lipinski definition) is 9. The fourth-order valence-corrected chi connectivity index (χ4v) is 5.61. The molecular formula is C43H54N4O9. The first-order chi connectivity index (χ1) is 27.2. The lowest BCUT2D eigenvalue weighted by Gasteiger charge is -2.26. The fraction of sp³-hybridized carbons (Fsp3) is 0.372. The normalized spacial score (nSPS) is 12.2. The van der Waals surface area contributed by atoms with Crippen LogP contribution in [0, 0.1) is 5.92 Å².